The molecule has 0 aliphatic carbocycles. The van der Waals surface area contributed by atoms with Crippen LogP contribution in [0, 0.1) is 0 Å². The minimum atomic E-state index is 0.0596. The summed E-state index contributed by atoms with van der Waals surface area (Å²) < 4.78 is 1.83. The van der Waals surface area contributed by atoms with Crippen LogP contribution in [0.15, 0.2) is 18.5 Å². The summed E-state index contributed by atoms with van der Waals surface area (Å²) in [5.74, 6) is 0. The highest BCUT2D eigenvalue weighted by atomic mass is 16.2. The molecule has 0 aromatic carbocycles. The first-order valence-electron chi connectivity index (χ1n) is 6.28. The van der Waals surface area contributed by atoms with Gasteiger partial charge in [-0.15, -0.1) is 0 Å². The molecular formula is C12H20N4O. The number of rotatable bonds is 3. The Morgan fingerprint density at radius 3 is 2.82 bits per heavy atom. The van der Waals surface area contributed by atoms with Crippen LogP contribution in [0.2, 0.25) is 0 Å². The molecule has 5 nitrogen and oxygen atoms in total. The van der Waals surface area contributed by atoms with Gasteiger partial charge in [0.1, 0.15) is 0 Å². The predicted molar refractivity (Wildman–Crippen MR) is 65.6 cm³/mol. The number of nitrogens with zero attached hydrogens (tertiary/aromatic N) is 3. The van der Waals surface area contributed by atoms with Crippen LogP contribution in [0.5, 0.6) is 0 Å². The van der Waals surface area contributed by atoms with Crippen LogP contribution in [0.4, 0.5) is 4.79 Å². The second kappa shape index (κ2) is 5.70. The number of amides is 2. The summed E-state index contributed by atoms with van der Waals surface area (Å²) in [6.45, 7) is 4.50. The van der Waals surface area contributed by atoms with Crippen molar-refractivity contribution < 1.29 is 4.79 Å². The van der Waals surface area contributed by atoms with Gasteiger partial charge in [0, 0.05) is 31.5 Å². The molecular weight excluding hydrogens is 216 g/mol. The first-order chi connectivity index (χ1) is 8.25. The molecule has 2 heterocycles. The van der Waals surface area contributed by atoms with E-state index in [9.17, 15) is 4.79 Å². The molecule has 1 aliphatic heterocycles. The Morgan fingerprint density at radius 1 is 1.41 bits per heavy atom. The van der Waals surface area contributed by atoms with Gasteiger partial charge >= 0.3 is 6.03 Å². The van der Waals surface area contributed by atoms with Crippen molar-refractivity contribution >= 4 is 6.03 Å². The van der Waals surface area contributed by atoms with Crippen LogP contribution in [-0.4, -0.2) is 39.8 Å². The van der Waals surface area contributed by atoms with Crippen LogP contribution < -0.4 is 5.32 Å². The molecule has 2 amide bonds. The maximum Gasteiger partial charge on any atom is 0.317 e. The molecule has 0 radical (unpaired) electrons. The zero-order valence-corrected chi connectivity index (χ0v) is 10.3. The van der Waals surface area contributed by atoms with Gasteiger partial charge in [-0.05, 0) is 32.3 Å². The smallest absolute Gasteiger partial charge is 0.317 e. The van der Waals surface area contributed by atoms with Gasteiger partial charge in [0.05, 0.1) is 6.54 Å². The van der Waals surface area contributed by atoms with Gasteiger partial charge in [-0.25, -0.2) is 4.79 Å². The summed E-state index contributed by atoms with van der Waals surface area (Å²) in [6.07, 6.45) is 7.15. The maximum absolute atomic E-state index is 11.9. The van der Waals surface area contributed by atoms with Crippen molar-refractivity contribution in [2.24, 2.45) is 0 Å². The fourth-order valence-corrected chi connectivity index (χ4v) is 2.13. The van der Waals surface area contributed by atoms with E-state index < -0.39 is 0 Å². The lowest BCUT2D eigenvalue weighted by molar-refractivity contribution is 0.182. The molecule has 17 heavy (non-hydrogen) atoms. The Morgan fingerprint density at radius 2 is 2.18 bits per heavy atom. The fraction of sp³-hybridized carbons (Fsp3) is 0.667. The van der Waals surface area contributed by atoms with Gasteiger partial charge in [-0.2, -0.15) is 5.10 Å². The Kier molecular flexibility index (Phi) is 4.01. The van der Waals surface area contributed by atoms with Gasteiger partial charge < -0.3 is 10.2 Å². The van der Waals surface area contributed by atoms with Gasteiger partial charge in [0.25, 0.3) is 0 Å². The van der Waals surface area contributed by atoms with Crippen molar-refractivity contribution in [3.05, 3.63) is 18.5 Å². The van der Waals surface area contributed by atoms with Crippen molar-refractivity contribution in [3.63, 3.8) is 0 Å². The zero-order valence-electron chi connectivity index (χ0n) is 10.3. The van der Waals surface area contributed by atoms with Crippen molar-refractivity contribution in [2.75, 3.05) is 13.1 Å². The lowest BCUT2D eigenvalue weighted by Crippen LogP contribution is -2.47. The number of carbonyl (C=O) groups is 1. The van der Waals surface area contributed by atoms with Crippen LogP contribution >= 0.6 is 0 Å². The van der Waals surface area contributed by atoms with E-state index in [0.29, 0.717) is 6.54 Å². The third-order valence-electron chi connectivity index (χ3n) is 3.03. The minimum absolute atomic E-state index is 0.0596. The number of piperidine rings is 1. The van der Waals surface area contributed by atoms with Gasteiger partial charge in [0.15, 0.2) is 0 Å². The van der Waals surface area contributed by atoms with E-state index in [1.54, 1.807) is 6.20 Å². The second-order valence-electron chi connectivity index (χ2n) is 4.63. The lowest BCUT2D eigenvalue weighted by atomic mass is 10.1. The number of nitrogens with one attached hydrogen (secondary N) is 1. The molecule has 94 valence electrons. The van der Waals surface area contributed by atoms with Crippen LogP contribution in [0.1, 0.15) is 26.2 Å². The fourth-order valence-electron chi connectivity index (χ4n) is 2.13. The third kappa shape index (κ3) is 3.47. The van der Waals surface area contributed by atoms with Crippen molar-refractivity contribution in [1.29, 1.82) is 0 Å². The topological polar surface area (TPSA) is 50.2 Å². The van der Waals surface area contributed by atoms with Crippen molar-refractivity contribution in [2.45, 2.75) is 38.8 Å². The first kappa shape index (κ1) is 12.0. The molecule has 1 aromatic heterocycles. The van der Waals surface area contributed by atoms with Crippen molar-refractivity contribution in [1.82, 2.24) is 20.0 Å². The summed E-state index contributed by atoms with van der Waals surface area (Å²) in [4.78, 5) is 13.8. The van der Waals surface area contributed by atoms with E-state index in [2.05, 4.69) is 10.4 Å². The molecule has 1 aliphatic rings. The Labute approximate surface area is 102 Å². The van der Waals surface area contributed by atoms with Gasteiger partial charge in [0.2, 0.25) is 0 Å². The van der Waals surface area contributed by atoms with E-state index in [1.807, 2.05) is 28.8 Å². The molecule has 1 atom stereocenters. The highest BCUT2D eigenvalue weighted by Gasteiger charge is 2.17. The summed E-state index contributed by atoms with van der Waals surface area (Å²) in [5, 5.41) is 7.14. The quantitative estimate of drug-likeness (QED) is 0.864. The predicted octanol–water partition coefficient (Wildman–Crippen LogP) is 1.47. The molecule has 1 fully saturated rings. The SMILES string of the molecule is CC(Cn1cccn1)NC(=O)N1CCCCC1. The third-order valence-corrected chi connectivity index (χ3v) is 3.03. The summed E-state index contributed by atoms with van der Waals surface area (Å²) in [6, 6.07) is 2.05. The summed E-state index contributed by atoms with van der Waals surface area (Å²) >= 11 is 0. The minimum Gasteiger partial charge on any atom is -0.334 e. The zero-order chi connectivity index (χ0) is 12.1. The molecule has 1 N–H and O–H groups in total. The van der Waals surface area contributed by atoms with E-state index >= 15 is 0 Å². The number of carbonyl (C=O) groups excluding carboxylic acids is 1. The van der Waals surface area contributed by atoms with Crippen LogP contribution in [0.25, 0.3) is 0 Å². The standard InChI is InChI=1S/C12H20N4O/c1-11(10-16-9-5-6-13-16)14-12(17)15-7-3-2-4-8-15/h5-6,9,11H,2-4,7-8,10H2,1H3,(H,14,17). The average Bonchev–Trinajstić information content (AvgIpc) is 2.82. The number of likely N-dealkylation sites (tertiary alicyclic amines) is 1. The van der Waals surface area contributed by atoms with Gasteiger partial charge in [-0.3, -0.25) is 4.68 Å². The number of aromatic nitrogens is 2. The molecule has 0 bridgehead atoms. The van der Waals surface area contributed by atoms with E-state index in [0.717, 1.165) is 25.9 Å². The molecule has 1 saturated heterocycles. The Balaban J connectivity index is 1.77. The Bertz CT molecular complexity index is 343. The first-order valence-corrected chi connectivity index (χ1v) is 6.28. The largest absolute Gasteiger partial charge is 0.334 e. The van der Waals surface area contributed by atoms with E-state index in [-0.39, 0.29) is 12.1 Å². The normalized spacial score (nSPS) is 17.8. The Hall–Kier alpha value is -1.52. The van der Waals surface area contributed by atoms with E-state index in [1.165, 1.54) is 6.42 Å². The summed E-state index contributed by atoms with van der Waals surface area (Å²) in [5.41, 5.74) is 0. The lowest BCUT2D eigenvalue weighted by Gasteiger charge is -2.28. The highest BCUT2D eigenvalue weighted by molar-refractivity contribution is 5.74. The van der Waals surface area contributed by atoms with Crippen LogP contribution in [-0.2, 0) is 6.54 Å². The van der Waals surface area contributed by atoms with Crippen LogP contribution in [0.3, 0.4) is 0 Å². The summed E-state index contributed by atoms with van der Waals surface area (Å²) in [7, 11) is 0. The molecule has 1 aromatic rings. The number of hydrogen-bond acceptors (Lipinski definition) is 2. The molecule has 2 rings (SSSR count). The van der Waals surface area contributed by atoms with Crippen molar-refractivity contribution in [3.8, 4) is 0 Å². The number of hydrogen-bond donors (Lipinski definition) is 1. The average molecular weight is 236 g/mol. The molecule has 0 spiro atoms. The number of urea groups is 1. The van der Waals surface area contributed by atoms with E-state index in [4.69, 9.17) is 0 Å². The second-order valence-corrected chi connectivity index (χ2v) is 4.63. The monoisotopic (exact) mass is 236 g/mol. The molecule has 1 unspecified atom stereocenters. The molecule has 5 heteroatoms. The maximum atomic E-state index is 11.9. The highest BCUT2D eigenvalue weighted by Crippen LogP contribution is 2.08. The molecule has 0 saturated carbocycles. The van der Waals surface area contributed by atoms with Gasteiger partial charge in [-0.1, -0.05) is 0 Å².